The summed E-state index contributed by atoms with van der Waals surface area (Å²) in [5.74, 6) is 0.635. The lowest BCUT2D eigenvalue weighted by molar-refractivity contribution is -0.121. The molecule has 0 aliphatic carbocycles. The van der Waals surface area contributed by atoms with E-state index in [9.17, 15) is 9.59 Å². The van der Waals surface area contributed by atoms with Crippen molar-refractivity contribution in [3.05, 3.63) is 40.2 Å². The second-order valence-corrected chi connectivity index (χ2v) is 5.85. The molecule has 0 atom stereocenters. The topological polar surface area (TPSA) is 80.4 Å². The molecular formula is C18H24N2O4. The van der Waals surface area contributed by atoms with Crippen LogP contribution < -0.4 is 15.6 Å². The Hall–Kier alpha value is -2.34. The number of methoxy groups -OCH3 is 1. The van der Waals surface area contributed by atoms with Gasteiger partial charge in [0, 0.05) is 29.4 Å². The predicted molar refractivity (Wildman–Crippen MR) is 93.5 cm³/mol. The molecule has 6 nitrogen and oxygen atoms in total. The Kier molecular flexibility index (Phi) is 6.37. The minimum Gasteiger partial charge on any atom is -0.497 e. The minimum absolute atomic E-state index is 0.0903. The SMILES string of the molecule is COc1ccc2[nH]c(=O)c(CCC(=O)NCCOC(C)C)cc2c1. The Morgan fingerprint density at radius 2 is 2.08 bits per heavy atom. The van der Waals surface area contributed by atoms with Crippen molar-refractivity contribution in [2.45, 2.75) is 32.8 Å². The average molecular weight is 332 g/mol. The van der Waals surface area contributed by atoms with Crippen LogP contribution >= 0.6 is 0 Å². The average Bonchev–Trinajstić information content (AvgIpc) is 2.56. The third-order valence-electron chi connectivity index (χ3n) is 3.63. The summed E-state index contributed by atoms with van der Waals surface area (Å²) in [5.41, 5.74) is 1.17. The Morgan fingerprint density at radius 1 is 1.29 bits per heavy atom. The summed E-state index contributed by atoms with van der Waals surface area (Å²) in [6, 6.07) is 7.27. The van der Waals surface area contributed by atoms with Gasteiger partial charge in [0.15, 0.2) is 0 Å². The first-order valence-electron chi connectivity index (χ1n) is 8.08. The molecule has 2 rings (SSSR count). The largest absolute Gasteiger partial charge is 0.497 e. The molecule has 0 spiro atoms. The molecule has 1 aromatic carbocycles. The number of ether oxygens (including phenoxy) is 2. The lowest BCUT2D eigenvalue weighted by Crippen LogP contribution is -2.28. The fourth-order valence-corrected chi connectivity index (χ4v) is 2.36. The number of carbonyl (C=O) groups excluding carboxylic acids is 1. The number of carbonyl (C=O) groups is 1. The summed E-state index contributed by atoms with van der Waals surface area (Å²) in [5, 5.41) is 3.67. The van der Waals surface area contributed by atoms with E-state index in [1.165, 1.54) is 0 Å². The highest BCUT2D eigenvalue weighted by atomic mass is 16.5. The summed E-state index contributed by atoms with van der Waals surface area (Å²) in [6.45, 7) is 4.85. The molecule has 0 radical (unpaired) electrons. The molecule has 24 heavy (non-hydrogen) atoms. The molecular weight excluding hydrogens is 308 g/mol. The van der Waals surface area contributed by atoms with Crippen LogP contribution in [0.1, 0.15) is 25.8 Å². The standard InChI is InChI=1S/C18H24N2O4/c1-12(2)24-9-8-19-17(21)7-4-13-10-14-11-15(23-3)5-6-16(14)20-18(13)22/h5-6,10-12H,4,7-9H2,1-3H3,(H,19,21)(H,20,22). The van der Waals surface area contributed by atoms with Crippen molar-refractivity contribution in [1.29, 1.82) is 0 Å². The maximum Gasteiger partial charge on any atom is 0.251 e. The van der Waals surface area contributed by atoms with Gasteiger partial charge in [0.1, 0.15) is 5.75 Å². The van der Waals surface area contributed by atoms with Crippen molar-refractivity contribution < 1.29 is 14.3 Å². The number of aromatic nitrogens is 1. The van der Waals surface area contributed by atoms with E-state index in [1.54, 1.807) is 19.2 Å². The normalized spacial score (nSPS) is 11.0. The van der Waals surface area contributed by atoms with Crippen molar-refractivity contribution in [2.75, 3.05) is 20.3 Å². The molecule has 0 fully saturated rings. The maximum absolute atomic E-state index is 12.1. The number of benzene rings is 1. The van der Waals surface area contributed by atoms with Gasteiger partial charge >= 0.3 is 0 Å². The number of nitrogens with one attached hydrogen (secondary N) is 2. The first-order valence-corrected chi connectivity index (χ1v) is 8.08. The van der Waals surface area contributed by atoms with E-state index in [0.29, 0.717) is 25.1 Å². The lowest BCUT2D eigenvalue weighted by Gasteiger charge is -2.09. The summed E-state index contributed by atoms with van der Waals surface area (Å²) in [7, 11) is 1.60. The molecule has 0 aliphatic heterocycles. The van der Waals surface area contributed by atoms with Crippen molar-refractivity contribution >= 4 is 16.8 Å². The molecule has 1 heterocycles. The number of aromatic amines is 1. The molecule has 2 aromatic rings. The van der Waals surface area contributed by atoms with E-state index in [1.807, 2.05) is 26.0 Å². The van der Waals surface area contributed by atoms with Crippen LogP contribution in [0.3, 0.4) is 0 Å². The van der Waals surface area contributed by atoms with Gasteiger partial charge in [0.2, 0.25) is 5.91 Å². The zero-order chi connectivity index (χ0) is 17.5. The second kappa shape index (κ2) is 8.49. The molecule has 0 saturated heterocycles. The molecule has 0 aliphatic rings. The van der Waals surface area contributed by atoms with Crippen LogP contribution in [-0.4, -0.2) is 37.3 Å². The number of aryl methyl sites for hydroxylation is 1. The highest BCUT2D eigenvalue weighted by Crippen LogP contribution is 2.19. The Morgan fingerprint density at radius 3 is 2.79 bits per heavy atom. The van der Waals surface area contributed by atoms with Gasteiger partial charge in [-0.1, -0.05) is 0 Å². The van der Waals surface area contributed by atoms with Crippen molar-refractivity contribution in [3.8, 4) is 5.75 Å². The summed E-state index contributed by atoms with van der Waals surface area (Å²) in [4.78, 5) is 26.8. The molecule has 0 saturated carbocycles. The fourth-order valence-electron chi connectivity index (χ4n) is 2.36. The molecule has 2 N–H and O–H groups in total. The first kappa shape index (κ1) is 18.0. The van der Waals surface area contributed by atoms with Crippen LogP contribution in [0.5, 0.6) is 5.75 Å². The molecule has 1 aromatic heterocycles. The summed E-state index contributed by atoms with van der Waals surface area (Å²) >= 11 is 0. The van der Waals surface area contributed by atoms with Crippen LogP contribution in [0.25, 0.3) is 10.9 Å². The van der Waals surface area contributed by atoms with E-state index in [-0.39, 0.29) is 24.0 Å². The minimum atomic E-state index is -0.163. The Bertz CT molecular complexity index is 752. The molecule has 0 unspecified atom stereocenters. The van der Waals surface area contributed by atoms with E-state index >= 15 is 0 Å². The smallest absolute Gasteiger partial charge is 0.251 e. The third kappa shape index (κ3) is 5.09. The first-order chi connectivity index (χ1) is 11.5. The van der Waals surface area contributed by atoms with Gasteiger partial charge in [-0.05, 0) is 44.5 Å². The number of hydrogen-bond acceptors (Lipinski definition) is 4. The lowest BCUT2D eigenvalue weighted by atomic mass is 10.1. The summed E-state index contributed by atoms with van der Waals surface area (Å²) in [6.07, 6.45) is 0.801. The van der Waals surface area contributed by atoms with Crippen LogP contribution in [-0.2, 0) is 16.0 Å². The maximum atomic E-state index is 12.1. The van der Waals surface area contributed by atoms with Crippen LogP contribution in [0.4, 0.5) is 0 Å². The zero-order valence-electron chi connectivity index (χ0n) is 14.3. The predicted octanol–water partition coefficient (Wildman–Crippen LogP) is 2.01. The number of hydrogen-bond donors (Lipinski definition) is 2. The van der Waals surface area contributed by atoms with Gasteiger partial charge in [-0.2, -0.15) is 0 Å². The number of pyridine rings is 1. The van der Waals surface area contributed by atoms with E-state index in [4.69, 9.17) is 9.47 Å². The second-order valence-electron chi connectivity index (χ2n) is 5.85. The van der Waals surface area contributed by atoms with Gasteiger partial charge in [-0.3, -0.25) is 9.59 Å². The van der Waals surface area contributed by atoms with Crippen LogP contribution in [0, 0.1) is 0 Å². The quantitative estimate of drug-likeness (QED) is 0.725. The van der Waals surface area contributed by atoms with Gasteiger partial charge in [0.25, 0.3) is 5.56 Å². The van der Waals surface area contributed by atoms with E-state index in [2.05, 4.69) is 10.3 Å². The summed E-state index contributed by atoms with van der Waals surface area (Å²) < 4.78 is 10.6. The third-order valence-corrected chi connectivity index (χ3v) is 3.63. The number of H-pyrrole nitrogens is 1. The van der Waals surface area contributed by atoms with Crippen LogP contribution in [0.2, 0.25) is 0 Å². The highest BCUT2D eigenvalue weighted by molar-refractivity contribution is 5.81. The van der Waals surface area contributed by atoms with Gasteiger partial charge in [-0.25, -0.2) is 0 Å². The van der Waals surface area contributed by atoms with Crippen molar-refractivity contribution in [2.24, 2.45) is 0 Å². The van der Waals surface area contributed by atoms with Gasteiger partial charge < -0.3 is 19.8 Å². The van der Waals surface area contributed by atoms with Gasteiger partial charge in [-0.15, -0.1) is 0 Å². The van der Waals surface area contributed by atoms with E-state index < -0.39 is 0 Å². The molecule has 6 heteroatoms. The number of amides is 1. The Labute approximate surface area is 141 Å². The van der Waals surface area contributed by atoms with E-state index in [0.717, 1.165) is 16.7 Å². The number of rotatable bonds is 8. The zero-order valence-corrected chi connectivity index (χ0v) is 14.3. The highest BCUT2D eigenvalue weighted by Gasteiger charge is 2.07. The molecule has 130 valence electrons. The fraction of sp³-hybridized carbons (Fsp3) is 0.444. The van der Waals surface area contributed by atoms with Gasteiger partial charge in [0.05, 0.1) is 19.8 Å². The monoisotopic (exact) mass is 332 g/mol. The molecule has 0 bridgehead atoms. The van der Waals surface area contributed by atoms with Crippen molar-refractivity contribution in [3.63, 3.8) is 0 Å². The van der Waals surface area contributed by atoms with Crippen molar-refractivity contribution in [1.82, 2.24) is 10.3 Å². The molecule has 1 amide bonds. The Balaban J connectivity index is 1.95. The number of fused-ring (bicyclic) bond motifs is 1. The van der Waals surface area contributed by atoms with Crippen LogP contribution in [0.15, 0.2) is 29.1 Å².